The molecule has 0 atom stereocenters. The third-order valence-corrected chi connectivity index (χ3v) is 10.8. The lowest BCUT2D eigenvalue weighted by Crippen LogP contribution is -2.73. The molecule has 0 spiro atoms. The second-order valence-electron chi connectivity index (χ2n) is 16.1. The number of hydrogen-bond donors (Lipinski definition) is 0. The van der Waals surface area contributed by atoms with Crippen LogP contribution < -0.4 is 9.13 Å². The molecule has 0 saturated carbocycles. The van der Waals surface area contributed by atoms with Crippen LogP contribution in [0, 0.1) is 0 Å². The molecule has 1 aliphatic carbocycles. The average Bonchev–Trinajstić information content (AvgIpc) is 3.81. The van der Waals surface area contributed by atoms with Crippen molar-refractivity contribution in [2.45, 2.75) is 58.0 Å². The van der Waals surface area contributed by atoms with Gasteiger partial charge in [-0.1, -0.05) is 126 Å². The standard InChI is InChI=1S/C47H44N4/c1-45(2,3)33-17-15-19-35(29-33)48-31-50(43-27-13-11-25-41(43)48)47(39-23-9-7-21-37(39)38-22-8-10-24-40(38)47)51-32-49(42-26-12-14-28-44(42)51)36-20-16-18-34(30-36)46(4,5)6/h7-32H,1-6H3/q+2. The summed E-state index contributed by atoms with van der Waals surface area (Å²) in [6.07, 6.45) is 4.68. The van der Waals surface area contributed by atoms with E-state index in [1.807, 2.05) is 0 Å². The summed E-state index contributed by atoms with van der Waals surface area (Å²) in [5, 5.41) is 0. The van der Waals surface area contributed by atoms with Crippen molar-refractivity contribution in [2.24, 2.45) is 0 Å². The van der Waals surface area contributed by atoms with Crippen LogP contribution in [0.4, 0.5) is 0 Å². The van der Waals surface area contributed by atoms with Crippen LogP contribution in [0.15, 0.2) is 158 Å². The Labute approximate surface area is 300 Å². The summed E-state index contributed by atoms with van der Waals surface area (Å²) < 4.78 is 9.81. The molecule has 0 N–H and O–H groups in total. The highest BCUT2D eigenvalue weighted by Crippen LogP contribution is 2.47. The molecule has 1 aliphatic rings. The zero-order valence-corrected chi connectivity index (χ0v) is 30.3. The number of hydrogen-bond acceptors (Lipinski definition) is 0. The molecule has 9 rings (SSSR count). The number of para-hydroxylation sites is 4. The fourth-order valence-corrected chi connectivity index (χ4v) is 8.22. The molecule has 4 heteroatoms. The summed E-state index contributed by atoms with van der Waals surface area (Å²) in [7, 11) is 0. The Hall–Kier alpha value is -5.74. The highest BCUT2D eigenvalue weighted by molar-refractivity contribution is 5.81. The first kappa shape index (κ1) is 31.3. The Morgan fingerprint density at radius 2 is 0.824 bits per heavy atom. The van der Waals surface area contributed by atoms with Gasteiger partial charge in [0.25, 0.3) is 12.7 Å². The number of aromatic nitrogens is 4. The topological polar surface area (TPSA) is 17.6 Å². The molecule has 0 bridgehead atoms. The van der Waals surface area contributed by atoms with Crippen LogP contribution in [-0.4, -0.2) is 9.13 Å². The third kappa shape index (κ3) is 4.66. The summed E-state index contributed by atoms with van der Waals surface area (Å²) in [6.45, 7) is 13.7. The molecule has 4 nitrogen and oxygen atoms in total. The van der Waals surface area contributed by atoms with Gasteiger partial charge >= 0.3 is 5.66 Å². The van der Waals surface area contributed by atoms with E-state index in [1.165, 1.54) is 33.4 Å². The summed E-state index contributed by atoms with van der Waals surface area (Å²) in [4.78, 5) is 0. The molecule has 250 valence electrons. The Bertz CT molecular complexity index is 2440. The second kappa shape index (κ2) is 11.1. The van der Waals surface area contributed by atoms with E-state index >= 15 is 0 Å². The van der Waals surface area contributed by atoms with Gasteiger partial charge in [0.2, 0.25) is 0 Å². The maximum atomic E-state index is 2.53. The first-order valence-corrected chi connectivity index (χ1v) is 18.0. The van der Waals surface area contributed by atoms with Gasteiger partial charge < -0.3 is 0 Å². The maximum absolute atomic E-state index is 2.53. The zero-order chi connectivity index (χ0) is 35.1. The summed E-state index contributed by atoms with van der Waals surface area (Å²) >= 11 is 0. The van der Waals surface area contributed by atoms with Crippen molar-refractivity contribution in [1.82, 2.24) is 9.13 Å². The Morgan fingerprint density at radius 3 is 1.25 bits per heavy atom. The zero-order valence-electron chi connectivity index (χ0n) is 30.3. The van der Waals surface area contributed by atoms with Gasteiger partial charge in [0.1, 0.15) is 11.4 Å². The van der Waals surface area contributed by atoms with Crippen molar-refractivity contribution in [3.8, 4) is 22.5 Å². The van der Waals surface area contributed by atoms with Gasteiger partial charge in [-0.2, -0.15) is 18.3 Å². The fraction of sp³-hybridized carbons (Fsp3) is 0.191. The van der Waals surface area contributed by atoms with Crippen LogP contribution in [0.5, 0.6) is 0 Å². The van der Waals surface area contributed by atoms with E-state index in [0.717, 1.165) is 33.4 Å². The lowest BCUT2D eigenvalue weighted by molar-refractivity contribution is -0.950. The second-order valence-corrected chi connectivity index (χ2v) is 16.1. The minimum absolute atomic E-state index is 0.0292. The minimum atomic E-state index is -0.744. The summed E-state index contributed by atoms with van der Waals surface area (Å²) in [6, 6.07) is 53.7. The van der Waals surface area contributed by atoms with Gasteiger partial charge in [-0.15, -0.1) is 0 Å². The number of fused-ring (bicyclic) bond motifs is 5. The molecule has 0 unspecified atom stereocenters. The Balaban J connectivity index is 1.42. The van der Waals surface area contributed by atoms with Crippen LogP contribution in [-0.2, 0) is 16.5 Å². The van der Waals surface area contributed by atoms with Gasteiger partial charge in [-0.3, -0.25) is 0 Å². The first-order valence-electron chi connectivity index (χ1n) is 18.0. The molecule has 2 heterocycles. The van der Waals surface area contributed by atoms with Crippen molar-refractivity contribution < 1.29 is 9.13 Å². The van der Waals surface area contributed by atoms with E-state index in [1.54, 1.807) is 0 Å². The molecular formula is C47H44N4+2. The molecular weight excluding hydrogens is 621 g/mol. The van der Waals surface area contributed by atoms with Crippen LogP contribution in [0.2, 0.25) is 0 Å². The van der Waals surface area contributed by atoms with E-state index < -0.39 is 5.66 Å². The molecule has 0 radical (unpaired) electrons. The van der Waals surface area contributed by atoms with E-state index in [0.29, 0.717) is 0 Å². The van der Waals surface area contributed by atoms with Crippen molar-refractivity contribution in [2.75, 3.05) is 0 Å². The predicted molar refractivity (Wildman–Crippen MR) is 208 cm³/mol. The van der Waals surface area contributed by atoms with Gasteiger partial charge in [-0.05, 0) is 93.7 Å². The predicted octanol–water partition coefficient (Wildman–Crippen LogP) is 10.0. The van der Waals surface area contributed by atoms with E-state index in [2.05, 4.69) is 218 Å². The minimum Gasteiger partial charge on any atom is -0.195 e. The highest BCUT2D eigenvalue weighted by Gasteiger charge is 2.57. The van der Waals surface area contributed by atoms with Crippen molar-refractivity contribution in [3.63, 3.8) is 0 Å². The first-order chi connectivity index (χ1) is 24.6. The SMILES string of the molecule is CC(C)(C)c1cccc(-n2c[n+](C3([n+]4cn(-c5cccc(C(C)(C)C)c5)c5ccccc54)c4ccccc4-c4ccccc43)c3ccccc32)c1. The number of imidazole rings is 2. The summed E-state index contributed by atoms with van der Waals surface area (Å²) in [5.41, 5.74) is 13.9. The normalized spacial score (nSPS) is 13.8. The van der Waals surface area contributed by atoms with Crippen LogP contribution in [0.25, 0.3) is 44.6 Å². The van der Waals surface area contributed by atoms with Gasteiger partial charge in [0.05, 0.1) is 11.1 Å². The van der Waals surface area contributed by atoms with Crippen molar-refractivity contribution in [3.05, 3.63) is 181 Å². The lowest BCUT2D eigenvalue weighted by Gasteiger charge is -2.26. The number of rotatable bonds is 4. The van der Waals surface area contributed by atoms with Gasteiger partial charge in [0.15, 0.2) is 22.1 Å². The third-order valence-electron chi connectivity index (χ3n) is 10.8. The monoisotopic (exact) mass is 664 g/mol. The number of nitrogens with zero attached hydrogens (tertiary/aromatic N) is 4. The molecule has 0 aliphatic heterocycles. The van der Waals surface area contributed by atoms with E-state index in [-0.39, 0.29) is 10.8 Å². The Morgan fingerprint density at radius 1 is 0.431 bits per heavy atom. The maximum Gasteiger partial charge on any atom is 0.307 e. The molecule has 0 amide bonds. The fourth-order valence-electron chi connectivity index (χ4n) is 8.22. The molecule has 0 fully saturated rings. The quantitative estimate of drug-likeness (QED) is 0.167. The molecule has 8 aromatic rings. The van der Waals surface area contributed by atoms with Gasteiger partial charge in [-0.25, -0.2) is 0 Å². The number of benzene rings is 6. The van der Waals surface area contributed by atoms with Crippen molar-refractivity contribution in [1.29, 1.82) is 0 Å². The average molecular weight is 665 g/mol. The highest BCUT2D eigenvalue weighted by atomic mass is 15.3. The molecule has 51 heavy (non-hydrogen) atoms. The van der Waals surface area contributed by atoms with Crippen LogP contribution in [0.1, 0.15) is 63.8 Å². The van der Waals surface area contributed by atoms with E-state index in [4.69, 9.17) is 0 Å². The van der Waals surface area contributed by atoms with Crippen molar-refractivity contribution >= 4 is 22.1 Å². The van der Waals surface area contributed by atoms with Gasteiger partial charge in [0, 0.05) is 0 Å². The Kier molecular flexibility index (Phi) is 6.82. The summed E-state index contributed by atoms with van der Waals surface area (Å²) in [5.74, 6) is 0. The molecule has 0 saturated heterocycles. The van der Waals surface area contributed by atoms with E-state index in [9.17, 15) is 0 Å². The van der Waals surface area contributed by atoms with Crippen LogP contribution >= 0.6 is 0 Å². The molecule has 2 aromatic heterocycles. The smallest absolute Gasteiger partial charge is 0.195 e. The lowest BCUT2D eigenvalue weighted by atomic mass is 9.87. The molecule has 6 aromatic carbocycles. The largest absolute Gasteiger partial charge is 0.307 e. The van der Waals surface area contributed by atoms with Crippen LogP contribution in [0.3, 0.4) is 0 Å².